The molecule has 1 aliphatic heterocycles. The van der Waals surface area contributed by atoms with E-state index in [1.165, 1.54) is 4.90 Å². The van der Waals surface area contributed by atoms with E-state index in [0.717, 1.165) is 0 Å². The van der Waals surface area contributed by atoms with Gasteiger partial charge in [0, 0.05) is 6.20 Å². The van der Waals surface area contributed by atoms with Gasteiger partial charge in [-0.3, -0.25) is 19.5 Å². The van der Waals surface area contributed by atoms with Crippen LogP contribution >= 0.6 is 0 Å². The molecule has 2 unspecified atom stereocenters. The summed E-state index contributed by atoms with van der Waals surface area (Å²) in [6.07, 6.45) is 3.80. The van der Waals surface area contributed by atoms with E-state index in [1.807, 2.05) is 6.92 Å². The molecule has 1 fully saturated rings. The van der Waals surface area contributed by atoms with Crippen LogP contribution in [0.1, 0.15) is 27.2 Å². The molecule has 2 amide bonds. The van der Waals surface area contributed by atoms with Gasteiger partial charge in [0.05, 0.1) is 11.9 Å². The number of rotatable bonds is 2. The minimum absolute atomic E-state index is 0.0925. The highest BCUT2D eigenvalue weighted by Crippen LogP contribution is 2.26. The zero-order valence-electron chi connectivity index (χ0n) is 10.8. The summed E-state index contributed by atoms with van der Waals surface area (Å²) < 4.78 is 0. The molecule has 0 aliphatic carbocycles. The number of pyridine rings is 1. The fourth-order valence-electron chi connectivity index (χ4n) is 2.07. The monoisotopic (exact) mass is 247 g/mol. The molecule has 0 bridgehead atoms. The van der Waals surface area contributed by atoms with Crippen LogP contribution < -0.4 is 10.2 Å². The summed E-state index contributed by atoms with van der Waals surface area (Å²) in [6, 6.07) is 3.03. The lowest BCUT2D eigenvalue weighted by Crippen LogP contribution is -2.68. The van der Waals surface area contributed by atoms with Crippen molar-refractivity contribution in [2.75, 3.05) is 4.90 Å². The van der Waals surface area contributed by atoms with Gasteiger partial charge in [-0.25, -0.2) is 0 Å². The van der Waals surface area contributed by atoms with Gasteiger partial charge in [0.25, 0.3) is 5.91 Å². The van der Waals surface area contributed by atoms with Gasteiger partial charge in [0.2, 0.25) is 5.91 Å². The maximum Gasteiger partial charge on any atom is 0.253 e. The molecule has 2 atom stereocenters. The third-order valence-corrected chi connectivity index (χ3v) is 3.49. The first-order chi connectivity index (χ1) is 8.49. The van der Waals surface area contributed by atoms with Crippen molar-refractivity contribution in [2.24, 2.45) is 0 Å². The van der Waals surface area contributed by atoms with Gasteiger partial charge in [-0.15, -0.1) is 0 Å². The van der Waals surface area contributed by atoms with Crippen LogP contribution in [0.3, 0.4) is 0 Å². The molecule has 0 saturated carbocycles. The molecule has 1 aromatic heterocycles. The normalized spacial score (nSPS) is 28.2. The van der Waals surface area contributed by atoms with Gasteiger partial charge in [-0.2, -0.15) is 0 Å². The summed E-state index contributed by atoms with van der Waals surface area (Å²) in [7, 11) is 0. The van der Waals surface area contributed by atoms with Gasteiger partial charge in [-0.05, 0) is 32.4 Å². The van der Waals surface area contributed by atoms with Crippen molar-refractivity contribution in [1.29, 1.82) is 0 Å². The maximum atomic E-state index is 12.5. The largest absolute Gasteiger partial charge is 0.340 e. The molecule has 2 rings (SSSR count). The average Bonchev–Trinajstić information content (AvgIpc) is 2.38. The van der Waals surface area contributed by atoms with Gasteiger partial charge in [0.15, 0.2) is 0 Å². The fraction of sp³-hybridized carbons (Fsp3) is 0.462. The van der Waals surface area contributed by atoms with Crippen molar-refractivity contribution in [3.8, 4) is 0 Å². The zero-order chi connectivity index (χ0) is 13.3. The van der Waals surface area contributed by atoms with Crippen molar-refractivity contribution < 1.29 is 9.59 Å². The smallest absolute Gasteiger partial charge is 0.253 e. The van der Waals surface area contributed by atoms with Crippen LogP contribution in [0.4, 0.5) is 5.69 Å². The molecular weight excluding hydrogens is 230 g/mol. The predicted octanol–water partition coefficient (Wildman–Crippen LogP) is 1.10. The highest BCUT2D eigenvalue weighted by atomic mass is 16.2. The number of carbonyl (C=O) groups excluding carboxylic acids is 2. The number of hydrogen-bond donors (Lipinski definition) is 1. The van der Waals surface area contributed by atoms with E-state index in [0.29, 0.717) is 12.1 Å². The number of carbonyl (C=O) groups is 2. The summed E-state index contributed by atoms with van der Waals surface area (Å²) in [5.74, 6) is -0.229. The lowest BCUT2D eigenvalue weighted by molar-refractivity contribution is -0.137. The molecule has 5 heteroatoms. The van der Waals surface area contributed by atoms with Crippen molar-refractivity contribution >= 4 is 17.5 Å². The van der Waals surface area contributed by atoms with Crippen LogP contribution in [0.5, 0.6) is 0 Å². The summed E-state index contributed by atoms with van der Waals surface area (Å²) in [6.45, 7) is 5.35. The Morgan fingerprint density at radius 2 is 2.22 bits per heavy atom. The third kappa shape index (κ3) is 1.85. The lowest BCUT2D eigenvalue weighted by Gasteiger charge is -2.42. The first-order valence-corrected chi connectivity index (χ1v) is 6.05. The minimum atomic E-state index is -0.834. The van der Waals surface area contributed by atoms with E-state index < -0.39 is 11.6 Å². The second-order valence-electron chi connectivity index (χ2n) is 4.74. The average molecular weight is 247 g/mol. The summed E-state index contributed by atoms with van der Waals surface area (Å²) in [4.78, 5) is 30.0. The molecule has 2 heterocycles. The lowest BCUT2D eigenvalue weighted by atomic mass is 9.92. The van der Waals surface area contributed by atoms with Crippen molar-refractivity contribution in [3.05, 3.63) is 24.5 Å². The van der Waals surface area contributed by atoms with Crippen molar-refractivity contribution in [1.82, 2.24) is 10.3 Å². The molecule has 5 nitrogen and oxygen atoms in total. The van der Waals surface area contributed by atoms with Crippen LogP contribution in [0, 0.1) is 0 Å². The van der Waals surface area contributed by atoms with Crippen molar-refractivity contribution in [2.45, 2.75) is 38.8 Å². The fourth-order valence-corrected chi connectivity index (χ4v) is 2.07. The Kier molecular flexibility index (Phi) is 3.07. The number of hydrogen-bond acceptors (Lipinski definition) is 3. The second kappa shape index (κ2) is 4.40. The molecule has 1 aromatic rings. The van der Waals surface area contributed by atoms with E-state index in [4.69, 9.17) is 0 Å². The van der Waals surface area contributed by atoms with Crippen LogP contribution in [0.25, 0.3) is 0 Å². The van der Waals surface area contributed by atoms with Crippen LogP contribution in [-0.2, 0) is 9.59 Å². The van der Waals surface area contributed by atoms with E-state index in [2.05, 4.69) is 10.3 Å². The first-order valence-electron chi connectivity index (χ1n) is 6.05. The maximum absolute atomic E-state index is 12.5. The SMILES string of the molecule is CCC1(C)NC(=O)C(C)N(c2cccnc2)C1=O. The Hall–Kier alpha value is -1.91. The molecule has 0 spiro atoms. The van der Waals surface area contributed by atoms with Gasteiger partial charge in [0.1, 0.15) is 11.6 Å². The summed E-state index contributed by atoms with van der Waals surface area (Å²) in [5.41, 5.74) is -0.177. The number of nitrogens with zero attached hydrogens (tertiary/aromatic N) is 2. The molecule has 1 aliphatic rings. The zero-order valence-corrected chi connectivity index (χ0v) is 10.8. The Bertz CT molecular complexity index is 474. The second-order valence-corrected chi connectivity index (χ2v) is 4.74. The van der Waals surface area contributed by atoms with Gasteiger partial charge >= 0.3 is 0 Å². The quantitative estimate of drug-likeness (QED) is 0.851. The molecule has 1 N–H and O–H groups in total. The van der Waals surface area contributed by atoms with Crippen LogP contribution in [-0.4, -0.2) is 28.4 Å². The Balaban J connectivity index is 2.44. The Morgan fingerprint density at radius 1 is 1.50 bits per heavy atom. The highest BCUT2D eigenvalue weighted by molar-refractivity contribution is 6.10. The molecule has 0 aromatic carbocycles. The molecule has 0 radical (unpaired) electrons. The highest BCUT2D eigenvalue weighted by Gasteiger charge is 2.45. The molecule has 1 saturated heterocycles. The number of anilines is 1. The summed E-state index contributed by atoms with van der Waals surface area (Å²) in [5, 5.41) is 2.79. The number of aromatic nitrogens is 1. The predicted molar refractivity (Wildman–Crippen MR) is 68.0 cm³/mol. The Morgan fingerprint density at radius 3 is 2.78 bits per heavy atom. The molecular formula is C13H17N3O2. The van der Waals surface area contributed by atoms with E-state index >= 15 is 0 Å². The number of piperazine rings is 1. The number of nitrogens with one attached hydrogen (secondary N) is 1. The van der Waals surface area contributed by atoms with E-state index in [1.54, 1.807) is 38.4 Å². The summed E-state index contributed by atoms with van der Waals surface area (Å²) >= 11 is 0. The van der Waals surface area contributed by atoms with E-state index in [9.17, 15) is 9.59 Å². The first kappa shape index (κ1) is 12.5. The van der Waals surface area contributed by atoms with Crippen molar-refractivity contribution in [3.63, 3.8) is 0 Å². The third-order valence-electron chi connectivity index (χ3n) is 3.49. The topological polar surface area (TPSA) is 62.3 Å². The molecule has 18 heavy (non-hydrogen) atoms. The van der Waals surface area contributed by atoms with Gasteiger partial charge < -0.3 is 5.32 Å². The Labute approximate surface area is 106 Å². The minimum Gasteiger partial charge on any atom is -0.340 e. The number of amides is 2. The van der Waals surface area contributed by atoms with Crippen LogP contribution in [0.2, 0.25) is 0 Å². The van der Waals surface area contributed by atoms with Crippen LogP contribution in [0.15, 0.2) is 24.5 Å². The standard InChI is InChI=1S/C13H17N3O2/c1-4-13(3)12(18)16(9(2)11(17)15-13)10-6-5-7-14-8-10/h5-9H,4H2,1-3H3,(H,15,17). The van der Waals surface area contributed by atoms with Gasteiger partial charge in [-0.1, -0.05) is 6.92 Å². The molecule has 96 valence electrons. The van der Waals surface area contributed by atoms with E-state index in [-0.39, 0.29) is 11.8 Å².